The Bertz CT molecular complexity index is 315. The van der Waals surface area contributed by atoms with Gasteiger partial charge in [-0.2, -0.15) is 25.3 Å². The number of carboxylic acids is 2. The maximum Gasteiger partial charge on any atom is 0.304 e. The van der Waals surface area contributed by atoms with Crippen LogP contribution in [0.4, 0.5) is 0 Å². The number of thiol groups is 2. The first-order chi connectivity index (χ1) is 11.1. The van der Waals surface area contributed by atoms with Crippen molar-refractivity contribution < 1.29 is 30.0 Å². The van der Waals surface area contributed by atoms with Crippen LogP contribution >= 0.6 is 25.3 Å². The molecule has 0 radical (unpaired) electrons. The predicted molar refractivity (Wildman–Crippen MR) is 101 cm³/mol. The summed E-state index contributed by atoms with van der Waals surface area (Å²) in [5.74, 6) is -1.58. The van der Waals surface area contributed by atoms with Gasteiger partial charge >= 0.3 is 11.9 Å². The average molecular weight is 385 g/mol. The van der Waals surface area contributed by atoms with Gasteiger partial charge in [-0.3, -0.25) is 9.59 Å². The molecule has 6 nitrogen and oxygen atoms in total. The van der Waals surface area contributed by atoms with Gasteiger partial charge in [0, 0.05) is 15.9 Å². The lowest BCUT2D eigenvalue weighted by atomic mass is 9.75. The van der Waals surface area contributed by atoms with Crippen molar-refractivity contribution >= 4 is 37.2 Å². The van der Waals surface area contributed by atoms with E-state index >= 15 is 0 Å². The van der Waals surface area contributed by atoms with Crippen molar-refractivity contribution in [2.75, 3.05) is 13.2 Å². The number of aliphatic carboxylic acids is 2. The van der Waals surface area contributed by atoms with E-state index in [0.29, 0.717) is 0 Å². The molecular formula is C16H32O6S2. The Balaban J connectivity index is 0. The van der Waals surface area contributed by atoms with Gasteiger partial charge < -0.3 is 20.4 Å². The molecule has 0 heterocycles. The first-order valence-electron chi connectivity index (χ1n) is 8.10. The standard InChI is InChI=1S/C8H16O2.2C4H8O2S/c9-6-8(7-10)4-2-1-3-5-8;2*1-3(7)2-4(5)6/h9-10H,1-7H2;2*3,7H,2H2,1H3,(H,5,6). The number of hydrogen-bond donors (Lipinski definition) is 6. The average Bonchev–Trinajstić information content (AvgIpc) is 2.46. The topological polar surface area (TPSA) is 115 Å². The summed E-state index contributed by atoms with van der Waals surface area (Å²) in [7, 11) is 0. The van der Waals surface area contributed by atoms with Crippen LogP contribution in [-0.4, -0.2) is 56.1 Å². The summed E-state index contributed by atoms with van der Waals surface area (Å²) in [5, 5.41) is 34.0. The Morgan fingerprint density at radius 2 is 1.21 bits per heavy atom. The number of aliphatic hydroxyl groups excluding tert-OH is 2. The molecule has 144 valence electrons. The van der Waals surface area contributed by atoms with Gasteiger partial charge in [0.15, 0.2) is 0 Å². The summed E-state index contributed by atoms with van der Waals surface area (Å²) in [4.78, 5) is 19.5. The molecule has 0 bridgehead atoms. The van der Waals surface area contributed by atoms with Crippen LogP contribution in [0.25, 0.3) is 0 Å². The van der Waals surface area contributed by atoms with Crippen LogP contribution < -0.4 is 0 Å². The molecule has 24 heavy (non-hydrogen) atoms. The van der Waals surface area contributed by atoms with E-state index in [1.807, 2.05) is 0 Å². The Kier molecular flexibility index (Phi) is 16.0. The lowest BCUT2D eigenvalue weighted by Gasteiger charge is -2.33. The highest BCUT2D eigenvalue weighted by molar-refractivity contribution is 7.81. The first kappa shape index (κ1) is 25.8. The van der Waals surface area contributed by atoms with E-state index in [2.05, 4.69) is 25.3 Å². The Hall–Kier alpha value is -0.440. The third-order valence-electron chi connectivity index (χ3n) is 3.53. The summed E-state index contributed by atoms with van der Waals surface area (Å²) in [6.07, 6.45) is 5.89. The van der Waals surface area contributed by atoms with Crippen LogP contribution in [0.3, 0.4) is 0 Å². The minimum Gasteiger partial charge on any atom is -0.481 e. The Labute approximate surface area is 155 Å². The summed E-state index contributed by atoms with van der Waals surface area (Å²) in [6.45, 7) is 3.81. The van der Waals surface area contributed by atoms with E-state index in [0.717, 1.165) is 12.8 Å². The Morgan fingerprint density at radius 3 is 1.33 bits per heavy atom. The predicted octanol–water partition coefficient (Wildman–Crippen LogP) is 2.48. The maximum atomic E-state index is 9.76. The zero-order chi connectivity index (χ0) is 19.2. The van der Waals surface area contributed by atoms with Gasteiger partial charge in [0.1, 0.15) is 0 Å². The molecule has 0 aliphatic heterocycles. The van der Waals surface area contributed by atoms with Gasteiger partial charge in [0.25, 0.3) is 0 Å². The van der Waals surface area contributed by atoms with Crippen molar-refractivity contribution in [3.8, 4) is 0 Å². The molecule has 2 unspecified atom stereocenters. The molecule has 0 spiro atoms. The van der Waals surface area contributed by atoms with Gasteiger partial charge in [0.2, 0.25) is 0 Å². The molecule has 1 aliphatic rings. The van der Waals surface area contributed by atoms with E-state index in [-0.39, 0.29) is 42.0 Å². The van der Waals surface area contributed by atoms with Crippen molar-refractivity contribution in [2.24, 2.45) is 5.41 Å². The maximum absolute atomic E-state index is 9.76. The number of hydrogen-bond acceptors (Lipinski definition) is 6. The lowest BCUT2D eigenvalue weighted by Crippen LogP contribution is -2.31. The van der Waals surface area contributed by atoms with E-state index in [1.165, 1.54) is 19.3 Å². The fourth-order valence-corrected chi connectivity index (χ4v) is 2.49. The van der Waals surface area contributed by atoms with Gasteiger partial charge in [-0.15, -0.1) is 0 Å². The molecule has 1 aliphatic carbocycles. The fourth-order valence-electron chi connectivity index (χ4n) is 2.17. The van der Waals surface area contributed by atoms with Crippen molar-refractivity contribution in [1.29, 1.82) is 0 Å². The fraction of sp³-hybridized carbons (Fsp3) is 0.875. The molecule has 2 atom stereocenters. The van der Waals surface area contributed by atoms with Crippen LogP contribution in [0, 0.1) is 5.41 Å². The molecule has 0 amide bonds. The normalized spacial score (nSPS) is 18.1. The minimum absolute atomic E-state index is 0.0301. The van der Waals surface area contributed by atoms with Gasteiger partial charge in [-0.1, -0.05) is 33.1 Å². The van der Waals surface area contributed by atoms with Crippen LogP contribution in [0.15, 0.2) is 0 Å². The third-order valence-corrected chi connectivity index (χ3v) is 3.89. The zero-order valence-corrected chi connectivity index (χ0v) is 16.3. The van der Waals surface area contributed by atoms with Crippen molar-refractivity contribution in [3.63, 3.8) is 0 Å². The highest BCUT2D eigenvalue weighted by Crippen LogP contribution is 2.34. The molecule has 0 aromatic heterocycles. The molecule has 1 rings (SSSR count). The lowest BCUT2D eigenvalue weighted by molar-refractivity contribution is -0.137. The van der Waals surface area contributed by atoms with Gasteiger partial charge in [-0.25, -0.2) is 0 Å². The summed E-state index contributed by atoms with van der Waals surface area (Å²) < 4.78 is 0. The first-order valence-corrected chi connectivity index (χ1v) is 9.13. The molecule has 0 saturated heterocycles. The minimum atomic E-state index is -0.789. The largest absolute Gasteiger partial charge is 0.481 e. The number of aliphatic hydroxyl groups is 2. The summed E-state index contributed by atoms with van der Waals surface area (Å²) in [5.41, 5.74) is -0.127. The third kappa shape index (κ3) is 16.4. The molecule has 1 fully saturated rings. The van der Waals surface area contributed by atoms with E-state index in [4.69, 9.17) is 20.4 Å². The quantitative estimate of drug-likeness (QED) is 0.392. The number of rotatable bonds is 6. The SMILES string of the molecule is CC(S)CC(=O)O.CC(S)CC(=O)O.OCC1(CO)CCCCC1. The van der Waals surface area contributed by atoms with E-state index in [1.54, 1.807) is 13.8 Å². The van der Waals surface area contributed by atoms with E-state index < -0.39 is 11.9 Å². The monoisotopic (exact) mass is 384 g/mol. The summed E-state index contributed by atoms with van der Waals surface area (Å²) >= 11 is 7.71. The number of carboxylic acid groups (broad SMARTS) is 2. The zero-order valence-electron chi connectivity index (χ0n) is 14.5. The summed E-state index contributed by atoms with van der Waals surface area (Å²) in [6, 6.07) is 0. The highest BCUT2D eigenvalue weighted by atomic mass is 32.1. The molecular weight excluding hydrogens is 352 g/mol. The van der Waals surface area contributed by atoms with Crippen LogP contribution in [0.5, 0.6) is 0 Å². The molecule has 4 N–H and O–H groups in total. The van der Waals surface area contributed by atoms with Gasteiger partial charge in [0.05, 0.1) is 26.1 Å². The highest BCUT2D eigenvalue weighted by Gasteiger charge is 2.30. The van der Waals surface area contributed by atoms with Crippen molar-refractivity contribution in [1.82, 2.24) is 0 Å². The number of carbonyl (C=O) groups is 2. The molecule has 8 heteroatoms. The molecule has 0 aromatic rings. The van der Waals surface area contributed by atoms with Gasteiger partial charge in [-0.05, 0) is 12.8 Å². The van der Waals surface area contributed by atoms with Crippen LogP contribution in [-0.2, 0) is 9.59 Å². The molecule has 1 saturated carbocycles. The van der Waals surface area contributed by atoms with Crippen molar-refractivity contribution in [2.45, 2.75) is 69.3 Å². The second-order valence-electron chi connectivity index (χ2n) is 6.27. The second-order valence-corrected chi connectivity index (χ2v) is 8.03. The Morgan fingerprint density at radius 1 is 0.875 bits per heavy atom. The van der Waals surface area contributed by atoms with E-state index in [9.17, 15) is 9.59 Å². The smallest absolute Gasteiger partial charge is 0.304 e. The van der Waals surface area contributed by atoms with Crippen molar-refractivity contribution in [3.05, 3.63) is 0 Å². The second kappa shape index (κ2) is 14.9. The molecule has 0 aromatic carbocycles. The van der Waals surface area contributed by atoms with Crippen LogP contribution in [0.1, 0.15) is 58.8 Å². The van der Waals surface area contributed by atoms with Crippen LogP contribution in [0.2, 0.25) is 0 Å².